The van der Waals surface area contributed by atoms with Crippen molar-refractivity contribution in [1.82, 2.24) is 24.4 Å². The molecular weight excluding hydrogens is 445 g/mol. The number of rotatable bonds is 3. The summed E-state index contributed by atoms with van der Waals surface area (Å²) in [5.74, 6) is -0.271. The second kappa shape index (κ2) is 7.67. The first-order chi connectivity index (χ1) is 15.9. The second-order valence-electron chi connectivity index (χ2n) is 9.43. The number of nitrogens with zero attached hydrogens (tertiary/aromatic N) is 5. The molecule has 0 radical (unpaired) electrons. The smallest absolute Gasteiger partial charge is 0.258 e. The fraction of sp³-hybridized carbons (Fsp3) is 0.458. The van der Waals surface area contributed by atoms with Crippen LogP contribution in [0.25, 0.3) is 5.65 Å². The molecule has 3 atom stereocenters. The predicted octanol–water partition coefficient (Wildman–Crippen LogP) is 3.99. The van der Waals surface area contributed by atoms with Crippen molar-refractivity contribution >= 4 is 23.2 Å². The number of piperidine rings is 1. The average molecular weight is 470 g/mol. The van der Waals surface area contributed by atoms with Gasteiger partial charge in [0.2, 0.25) is 0 Å². The zero-order valence-corrected chi connectivity index (χ0v) is 19.3. The number of hydrogen-bond acceptors (Lipinski definition) is 5. The van der Waals surface area contributed by atoms with Crippen LogP contribution in [0.5, 0.6) is 5.75 Å². The lowest BCUT2D eigenvalue weighted by atomic mass is 10.0. The highest BCUT2D eigenvalue weighted by Gasteiger charge is 2.40. The highest BCUT2D eigenvalue weighted by atomic mass is 35.5. The number of fused-ring (bicyclic) bond motifs is 5. The van der Waals surface area contributed by atoms with Gasteiger partial charge in [-0.3, -0.25) is 4.79 Å². The fourth-order valence-corrected chi connectivity index (χ4v) is 5.70. The fourth-order valence-electron chi connectivity index (χ4n) is 5.57. The van der Waals surface area contributed by atoms with Gasteiger partial charge in [-0.15, -0.1) is 0 Å². The van der Waals surface area contributed by atoms with Crippen LogP contribution in [0.3, 0.4) is 0 Å². The molecule has 7 nitrogen and oxygen atoms in total. The zero-order valence-electron chi connectivity index (χ0n) is 18.6. The standard InChI is InChI=1S/C24H25ClFN5O2/c1-13-20(25)11-31-23(27-13)19-10-30(12-21(19)28-31)24(32)18-6-3-14(26)7-22(18)33-17-8-15-4-5-16(9-17)29(15)2/h3,6-7,11,15-17H,4-5,8-10,12H2,1-2H3/t15-,16+,17+. The third-order valence-corrected chi connectivity index (χ3v) is 7.79. The Morgan fingerprint density at radius 1 is 1.21 bits per heavy atom. The number of amides is 1. The second-order valence-corrected chi connectivity index (χ2v) is 9.84. The Morgan fingerprint density at radius 3 is 2.73 bits per heavy atom. The van der Waals surface area contributed by atoms with Gasteiger partial charge < -0.3 is 14.5 Å². The first-order valence-electron chi connectivity index (χ1n) is 11.4. The number of carbonyl (C=O) groups is 1. The SMILES string of the molecule is Cc1nc2c3c(nn2cc1Cl)CN(C(=O)c1ccc(F)cc1O[C@H]1C[C@H]2CC[C@@H](C1)N2C)C3. The van der Waals surface area contributed by atoms with Gasteiger partial charge >= 0.3 is 0 Å². The summed E-state index contributed by atoms with van der Waals surface area (Å²) < 4.78 is 22.1. The number of aromatic nitrogens is 3. The van der Waals surface area contributed by atoms with Crippen molar-refractivity contribution in [3.05, 3.63) is 57.8 Å². The van der Waals surface area contributed by atoms with E-state index in [0.29, 0.717) is 47.2 Å². The third kappa shape index (κ3) is 3.47. The van der Waals surface area contributed by atoms with Crippen LogP contribution in [-0.4, -0.2) is 55.5 Å². The topological polar surface area (TPSA) is 63.0 Å². The molecule has 6 rings (SSSR count). The van der Waals surface area contributed by atoms with E-state index in [-0.39, 0.29) is 12.0 Å². The van der Waals surface area contributed by atoms with Gasteiger partial charge in [0, 0.05) is 23.7 Å². The number of halogens is 2. The van der Waals surface area contributed by atoms with Crippen molar-refractivity contribution in [2.75, 3.05) is 7.05 Å². The molecule has 3 aliphatic rings. The van der Waals surface area contributed by atoms with Crippen molar-refractivity contribution in [2.24, 2.45) is 0 Å². The minimum Gasteiger partial charge on any atom is -0.489 e. The van der Waals surface area contributed by atoms with Gasteiger partial charge in [0.1, 0.15) is 17.7 Å². The molecule has 2 aromatic heterocycles. The van der Waals surface area contributed by atoms with Crippen LogP contribution in [0.1, 0.15) is 53.0 Å². The highest BCUT2D eigenvalue weighted by Crippen LogP contribution is 2.37. The van der Waals surface area contributed by atoms with E-state index in [9.17, 15) is 9.18 Å². The van der Waals surface area contributed by atoms with Gasteiger partial charge in [0.25, 0.3) is 5.91 Å². The molecule has 1 aromatic carbocycles. The van der Waals surface area contributed by atoms with Crippen LogP contribution < -0.4 is 4.74 Å². The van der Waals surface area contributed by atoms with Gasteiger partial charge in [0.05, 0.1) is 41.3 Å². The van der Waals surface area contributed by atoms with Gasteiger partial charge in [-0.1, -0.05) is 11.6 Å². The van der Waals surface area contributed by atoms with Crippen LogP contribution in [0.15, 0.2) is 24.4 Å². The summed E-state index contributed by atoms with van der Waals surface area (Å²) >= 11 is 6.17. The van der Waals surface area contributed by atoms with E-state index in [1.54, 1.807) is 15.6 Å². The summed E-state index contributed by atoms with van der Waals surface area (Å²) in [5.41, 5.74) is 3.53. The quantitative estimate of drug-likeness (QED) is 0.580. The molecular formula is C24H25ClFN5O2. The Balaban J connectivity index is 1.25. The summed E-state index contributed by atoms with van der Waals surface area (Å²) in [5, 5.41) is 5.11. The Labute approximate surface area is 196 Å². The lowest BCUT2D eigenvalue weighted by Gasteiger charge is -2.36. The number of ether oxygens (including phenoxy) is 1. The minimum atomic E-state index is -0.406. The monoisotopic (exact) mass is 469 g/mol. The van der Waals surface area contributed by atoms with Crippen LogP contribution in [0.2, 0.25) is 5.02 Å². The lowest BCUT2D eigenvalue weighted by molar-refractivity contribution is 0.0622. The van der Waals surface area contributed by atoms with Gasteiger partial charge in [0.15, 0.2) is 5.65 Å². The maximum Gasteiger partial charge on any atom is 0.258 e. The molecule has 0 spiro atoms. The molecule has 3 aliphatic heterocycles. The molecule has 0 N–H and O–H groups in total. The van der Waals surface area contributed by atoms with Crippen molar-refractivity contribution in [3.63, 3.8) is 0 Å². The normalized spacial score (nSPS) is 24.5. The van der Waals surface area contributed by atoms with Crippen LogP contribution in [0, 0.1) is 12.7 Å². The number of benzene rings is 1. The molecule has 1 amide bonds. The van der Waals surface area contributed by atoms with E-state index in [0.717, 1.165) is 29.8 Å². The Bertz CT molecular complexity index is 1260. The Hall–Kier alpha value is -2.71. The number of aryl methyl sites for hydroxylation is 1. The van der Waals surface area contributed by atoms with E-state index >= 15 is 0 Å². The number of carbonyl (C=O) groups excluding carboxylic acids is 1. The minimum absolute atomic E-state index is 0.0102. The van der Waals surface area contributed by atoms with Gasteiger partial charge in [-0.25, -0.2) is 13.9 Å². The maximum atomic E-state index is 14.1. The van der Waals surface area contributed by atoms with Crippen molar-refractivity contribution in [3.8, 4) is 5.75 Å². The largest absolute Gasteiger partial charge is 0.489 e. The molecule has 172 valence electrons. The van der Waals surface area contributed by atoms with Crippen molar-refractivity contribution in [2.45, 2.75) is 63.9 Å². The maximum absolute atomic E-state index is 14.1. The molecule has 2 bridgehead atoms. The summed E-state index contributed by atoms with van der Waals surface area (Å²) in [6.07, 6.45) is 5.87. The van der Waals surface area contributed by atoms with Crippen LogP contribution in [-0.2, 0) is 13.1 Å². The summed E-state index contributed by atoms with van der Waals surface area (Å²) in [7, 11) is 2.17. The lowest BCUT2D eigenvalue weighted by Crippen LogP contribution is -2.44. The Kier molecular flexibility index (Phi) is 4.85. The van der Waals surface area contributed by atoms with E-state index in [1.165, 1.54) is 31.0 Å². The van der Waals surface area contributed by atoms with Crippen LogP contribution >= 0.6 is 11.6 Å². The van der Waals surface area contributed by atoms with E-state index < -0.39 is 5.82 Å². The molecule has 3 aromatic rings. The van der Waals surface area contributed by atoms with Crippen LogP contribution in [0.4, 0.5) is 4.39 Å². The van der Waals surface area contributed by atoms with E-state index in [4.69, 9.17) is 16.3 Å². The average Bonchev–Trinajstić information content (AvgIpc) is 3.37. The molecule has 2 fully saturated rings. The van der Waals surface area contributed by atoms with E-state index in [1.807, 2.05) is 6.92 Å². The summed E-state index contributed by atoms with van der Waals surface area (Å²) in [6, 6.07) is 5.18. The van der Waals surface area contributed by atoms with Gasteiger partial charge in [-0.2, -0.15) is 5.10 Å². The number of hydrogen-bond donors (Lipinski definition) is 0. The highest BCUT2D eigenvalue weighted by molar-refractivity contribution is 6.31. The molecule has 33 heavy (non-hydrogen) atoms. The zero-order chi connectivity index (χ0) is 22.9. The van der Waals surface area contributed by atoms with E-state index in [2.05, 4.69) is 22.0 Å². The van der Waals surface area contributed by atoms with Crippen molar-refractivity contribution in [1.29, 1.82) is 0 Å². The van der Waals surface area contributed by atoms with Crippen molar-refractivity contribution < 1.29 is 13.9 Å². The van der Waals surface area contributed by atoms with Gasteiger partial charge in [-0.05, 0) is 51.8 Å². The molecule has 0 unspecified atom stereocenters. The summed E-state index contributed by atoms with van der Waals surface area (Å²) in [4.78, 5) is 22.2. The molecule has 0 aliphatic carbocycles. The molecule has 9 heteroatoms. The molecule has 5 heterocycles. The predicted molar refractivity (Wildman–Crippen MR) is 121 cm³/mol. The first kappa shape index (κ1) is 20.9. The Morgan fingerprint density at radius 2 is 1.97 bits per heavy atom. The molecule has 2 saturated heterocycles. The third-order valence-electron chi connectivity index (χ3n) is 7.42. The first-order valence-corrected chi connectivity index (χ1v) is 11.8. The summed E-state index contributed by atoms with van der Waals surface area (Å²) in [6.45, 7) is 2.60. The molecule has 0 saturated carbocycles.